The van der Waals surface area contributed by atoms with Crippen molar-refractivity contribution < 1.29 is 13.2 Å². The number of rotatable bonds is 0. The molecule has 0 saturated carbocycles. The van der Waals surface area contributed by atoms with Gasteiger partial charge in [-0.3, -0.25) is 4.98 Å². The lowest BCUT2D eigenvalue weighted by Gasteiger charge is -2.09. The number of alkyl halides is 3. The fourth-order valence-electron chi connectivity index (χ4n) is 1.61. The van der Waals surface area contributed by atoms with Gasteiger partial charge < -0.3 is 0 Å². The van der Waals surface area contributed by atoms with E-state index in [1.165, 1.54) is 10.7 Å². The molecule has 18 heavy (non-hydrogen) atoms. The summed E-state index contributed by atoms with van der Waals surface area (Å²) in [7, 11) is 0. The minimum atomic E-state index is -4.54. The monoisotopic (exact) mass is 273 g/mol. The van der Waals surface area contributed by atoms with Gasteiger partial charge in [-0.05, 0) is 22.6 Å². The Balaban J connectivity index is 2.44. The number of benzene rings is 1. The van der Waals surface area contributed by atoms with Crippen LogP contribution in [0.5, 0.6) is 0 Å². The van der Waals surface area contributed by atoms with Crippen LogP contribution in [0, 0.1) is 0 Å². The first-order chi connectivity index (χ1) is 8.47. The van der Waals surface area contributed by atoms with E-state index in [0.717, 1.165) is 12.1 Å². The van der Waals surface area contributed by atoms with Crippen LogP contribution < -0.4 is 0 Å². The molecule has 0 radical (unpaired) electrons. The Morgan fingerprint density at radius 3 is 2.72 bits per heavy atom. The van der Waals surface area contributed by atoms with Gasteiger partial charge in [0.25, 0.3) is 0 Å². The van der Waals surface area contributed by atoms with E-state index < -0.39 is 16.8 Å². The van der Waals surface area contributed by atoms with Crippen molar-refractivity contribution in [1.29, 1.82) is 0 Å². The van der Waals surface area contributed by atoms with Crippen molar-refractivity contribution in [3.05, 3.63) is 28.9 Å². The summed E-state index contributed by atoms with van der Waals surface area (Å²) < 4.78 is 39.4. The zero-order chi connectivity index (χ0) is 12.9. The van der Waals surface area contributed by atoms with E-state index in [4.69, 9.17) is 11.6 Å². The van der Waals surface area contributed by atoms with E-state index in [-0.39, 0.29) is 16.7 Å². The van der Waals surface area contributed by atoms with Crippen molar-refractivity contribution >= 4 is 28.3 Å². The highest BCUT2D eigenvalue weighted by Gasteiger charge is 2.33. The van der Waals surface area contributed by atoms with E-state index in [1.807, 2.05) is 0 Å². The molecule has 0 atom stereocenters. The summed E-state index contributed by atoms with van der Waals surface area (Å²) in [5, 5.41) is 10.2. The van der Waals surface area contributed by atoms with Crippen molar-refractivity contribution in [1.82, 2.24) is 25.0 Å². The van der Waals surface area contributed by atoms with E-state index in [9.17, 15) is 13.2 Å². The van der Waals surface area contributed by atoms with Crippen molar-refractivity contribution in [2.45, 2.75) is 6.18 Å². The highest BCUT2D eigenvalue weighted by atomic mass is 35.5. The molecule has 3 aromatic rings. The molecular formula is C9H3ClF3N5. The molecule has 92 valence electrons. The molecule has 0 aliphatic rings. The molecule has 0 aliphatic carbocycles. The summed E-state index contributed by atoms with van der Waals surface area (Å²) in [5.41, 5.74) is -0.249. The van der Waals surface area contributed by atoms with E-state index in [2.05, 4.69) is 20.5 Å². The molecule has 0 N–H and O–H groups in total. The second kappa shape index (κ2) is 3.52. The fourth-order valence-corrected chi connectivity index (χ4v) is 1.88. The smallest absolute Gasteiger partial charge is 0.251 e. The Kier molecular flexibility index (Phi) is 2.18. The van der Waals surface area contributed by atoms with Crippen LogP contribution in [0.25, 0.3) is 16.7 Å². The molecule has 0 spiro atoms. The largest absolute Gasteiger partial charge is 0.417 e. The van der Waals surface area contributed by atoms with Gasteiger partial charge >= 0.3 is 6.18 Å². The normalized spacial score (nSPS) is 12.4. The average Bonchev–Trinajstić information content (AvgIpc) is 2.74. The van der Waals surface area contributed by atoms with Gasteiger partial charge in [-0.1, -0.05) is 11.6 Å². The molecule has 5 nitrogen and oxygen atoms in total. The topological polar surface area (TPSA) is 56.0 Å². The predicted octanol–water partition coefficient (Wildman–Crippen LogP) is 2.34. The van der Waals surface area contributed by atoms with Gasteiger partial charge in [0, 0.05) is 0 Å². The highest BCUT2D eigenvalue weighted by molar-refractivity contribution is 6.32. The van der Waals surface area contributed by atoms with Gasteiger partial charge in [0.15, 0.2) is 5.65 Å². The van der Waals surface area contributed by atoms with Crippen LogP contribution in [0.1, 0.15) is 5.56 Å². The number of hydrogen-bond donors (Lipinski definition) is 0. The van der Waals surface area contributed by atoms with E-state index >= 15 is 0 Å². The SMILES string of the molecule is FC(F)(F)c1cc2c(cc1Cl)ncc1nnnn12. The van der Waals surface area contributed by atoms with Gasteiger partial charge in [0.2, 0.25) is 0 Å². The summed E-state index contributed by atoms with van der Waals surface area (Å²) in [6, 6.07) is 2.02. The zero-order valence-electron chi connectivity index (χ0n) is 8.48. The maximum Gasteiger partial charge on any atom is 0.417 e. The third-order valence-corrected chi connectivity index (χ3v) is 2.72. The predicted molar refractivity (Wildman–Crippen MR) is 56.1 cm³/mol. The van der Waals surface area contributed by atoms with Gasteiger partial charge in [-0.15, -0.1) is 5.10 Å². The molecule has 0 amide bonds. The molecule has 0 bridgehead atoms. The lowest BCUT2D eigenvalue weighted by molar-refractivity contribution is -0.137. The molecule has 0 fully saturated rings. The Bertz CT molecular complexity index is 751. The number of tetrazole rings is 1. The van der Waals surface area contributed by atoms with Crippen LogP contribution in [0.15, 0.2) is 18.3 Å². The quantitative estimate of drug-likeness (QED) is 0.631. The Morgan fingerprint density at radius 1 is 1.22 bits per heavy atom. The molecule has 9 heteroatoms. The van der Waals surface area contributed by atoms with Crippen LogP contribution in [0.4, 0.5) is 13.2 Å². The number of aromatic nitrogens is 5. The van der Waals surface area contributed by atoms with E-state index in [1.54, 1.807) is 0 Å². The minimum Gasteiger partial charge on any atom is -0.251 e. The average molecular weight is 274 g/mol. The number of fused-ring (bicyclic) bond motifs is 3. The molecule has 2 aromatic heterocycles. The van der Waals surface area contributed by atoms with Crippen LogP contribution in [0.3, 0.4) is 0 Å². The second-order valence-corrected chi connectivity index (χ2v) is 3.93. The molecule has 0 saturated heterocycles. The first-order valence-corrected chi connectivity index (χ1v) is 5.08. The summed E-state index contributed by atoms with van der Waals surface area (Å²) in [4.78, 5) is 3.95. The van der Waals surface area contributed by atoms with Crippen molar-refractivity contribution in [2.75, 3.05) is 0 Å². The second-order valence-electron chi connectivity index (χ2n) is 3.53. The molecule has 1 aromatic carbocycles. The van der Waals surface area contributed by atoms with Crippen LogP contribution in [0.2, 0.25) is 5.02 Å². The highest BCUT2D eigenvalue weighted by Crippen LogP contribution is 2.36. The van der Waals surface area contributed by atoms with Gasteiger partial charge in [-0.25, -0.2) is 0 Å². The van der Waals surface area contributed by atoms with Crippen LogP contribution in [-0.4, -0.2) is 25.0 Å². The summed E-state index contributed by atoms with van der Waals surface area (Å²) >= 11 is 5.59. The van der Waals surface area contributed by atoms with Gasteiger partial charge in [0.1, 0.15) is 0 Å². The third kappa shape index (κ3) is 1.57. The van der Waals surface area contributed by atoms with Crippen LogP contribution in [-0.2, 0) is 6.18 Å². The maximum absolute atomic E-state index is 12.7. The zero-order valence-corrected chi connectivity index (χ0v) is 9.24. The number of halogens is 4. The molecular weight excluding hydrogens is 271 g/mol. The van der Waals surface area contributed by atoms with Crippen molar-refractivity contribution in [2.24, 2.45) is 0 Å². The molecule has 0 aliphatic heterocycles. The van der Waals surface area contributed by atoms with Crippen LogP contribution >= 0.6 is 11.6 Å². The van der Waals surface area contributed by atoms with Gasteiger partial charge in [-0.2, -0.15) is 17.7 Å². The lowest BCUT2D eigenvalue weighted by Crippen LogP contribution is -2.07. The standard InChI is InChI=1S/C9H3ClF3N5/c10-5-2-6-7(1-4(5)9(11,12)13)18-8(3-14-6)15-16-17-18/h1-3H. The number of hydrogen-bond acceptors (Lipinski definition) is 4. The van der Waals surface area contributed by atoms with Gasteiger partial charge in [0.05, 0.1) is 27.8 Å². The van der Waals surface area contributed by atoms with Crippen molar-refractivity contribution in [3.63, 3.8) is 0 Å². The summed E-state index contributed by atoms with van der Waals surface area (Å²) in [6.07, 6.45) is -3.19. The molecule has 0 unspecified atom stereocenters. The lowest BCUT2D eigenvalue weighted by atomic mass is 10.2. The first kappa shape index (κ1) is 11.1. The molecule has 2 heterocycles. The third-order valence-electron chi connectivity index (χ3n) is 2.41. The number of nitrogens with zero attached hydrogens (tertiary/aromatic N) is 5. The maximum atomic E-state index is 12.7. The Hall–Kier alpha value is -1.96. The Labute approximate surface area is 102 Å². The summed E-state index contributed by atoms with van der Waals surface area (Å²) in [5.74, 6) is 0. The fraction of sp³-hybridized carbons (Fsp3) is 0.111. The minimum absolute atomic E-state index is 0.147. The van der Waals surface area contributed by atoms with E-state index in [0.29, 0.717) is 0 Å². The Morgan fingerprint density at radius 2 is 2.00 bits per heavy atom. The molecule has 3 rings (SSSR count). The first-order valence-electron chi connectivity index (χ1n) is 4.70. The summed E-state index contributed by atoms with van der Waals surface area (Å²) in [6.45, 7) is 0. The van der Waals surface area contributed by atoms with Crippen molar-refractivity contribution in [3.8, 4) is 0 Å².